The molecule has 0 spiro atoms. The molecule has 4 heteroatoms. The van der Waals surface area contributed by atoms with Crippen molar-refractivity contribution < 1.29 is 19.4 Å². The molecule has 98 valence electrons. The lowest BCUT2D eigenvalue weighted by Gasteiger charge is -2.34. The van der Waals surface area contributed by atoms with Crippen molar-refractivity contribution in [2.24, 2.45) is 5.92 Å². The molecule has 18 heavy (non-hydrogen) atoms. The number of aliphatic carboxylic acids is 1. The summed E-state index contributed by atoms with van der Waals surface area (Å²) < 4.78 is 13.6. The molecule has 0 bridgehead atoms. The summed E-state index contributed by atoms with van der Waals surface area (Å²) in [6.07, 6.45) is 0.951. The van der Waals surface area contributed by atoms with Gasteiger partial charge < -0.3 is 10.2 Å². The van der Waals surface area contributed by atoms with E-state index in [0.717, 1.165) is 0 Å². The molecule has 1 aliphatic rings. The van der Waals surface area contributed by atoms with E-state index < -0.39 is 23.4 Å². The summed E-state index contributed by atoms with van der Waals surface area (Å²) in [5, 5.41) is 19.8. The molecule has 1 aromatic rings. The van der Waals surface area contributed by atoms with Gasteiger partial charge in [-0.1, -0.05) is 26.0 Å². The van der Waals surface area contributed by atoms with Crippen LogP contribution in [0.4, 0.5) is 4.39 Å². The highest BCUT2D eigenvalue weighted by Crippen LogP contribution is 2.44. The maximum absolute atomic E-state index is 13.6. The van der Waals surface area contributed by atoms with E-state index in [0.29, 0.717) is 24.0 Å². The number of carboxylic acids is 1. The normalized spacial score (nSPS) is 21.7. The first-order chi connectivity index (χ1) is 8.39. The summed E-state index contributed by atoms with van der Waals surface area (Å²) in [5.41, 5.74) is -0.657. The van der Waals surface area contributed by atoms with Crippen LogP contribution in [0.3, 0.4) is 0 Å². The van der Waals surface area contributed by atoms with Crippen molar-refractivity contribution in [1.29, 1.82) is 0 Å². The maximum atomic E-state index is 13.6. The average molecular weight is 252 g/mol. The predicted octanol–water partition coefficient (Wildman–Crippen LogP) is 2.33. The highest BCUT2D eigenvalue weighted by molar-refractivity contribution is 5.79. The molecule has 0 saturated heterocycles. The van der Waals surface area contributed by atoms with Gasteiger partial charge in [-0.2, -0.15) is 0 Å². The first-order valence-corrected chi connectivity index (χ1v) is 6.12. The predicted molar refractivity (Wildman–Crippen MR) is 64.9 cm³/mol. The van der Waals surface area contributed by atoms with Gasteiger partial charge in [0.1, 0.15) is 5.82 Å². The van der Waals surface area contributed by atoms with Crippen LogP contribution in [-0.2, 0) is 11.2 Å². The Bertz CT molecular complexity index is 484. The van der Waals surface area contributed by atoms with Gasteiger partial charge in [0.15, 0.2) is 5.60 Å². The smallest absolute Gasteiger partial charge is 0.336 e. The third-order valence-electron chi connectivity index (χ3n) is 3.97. The van der Waals surface area contributed by atoms with Gasteiger partial charge in [-0.3, -0.25) is 0 Å². The van der Waals surface area contributed by atoms with Crippen LogP contribution in [0.2, 0.25) is 0 Å². The Labute approximate surface area is 105 Å². The van der Waals surface area contributed by atoms with E-state index in [1.807, 2.05) is 0 Å². The van der Waals surface area contributed by atoms with Crippen LogP contribution in [0.25, 0.3) is 0 Å². The SMILES string of the molecule is CC(C)C(O)(C(=O)O)C1CCc2c(F)cccc21. The Morgan fingerprint density at radius 3 is 2.72 bits per heavy atom. The molecule has 3 nitrogen and oxygen atoms in total. The van der Waals surface area contributed by atoms with E-state index in [1.54, 1.807) is 26.0 Å². The van der Waals surface area contributed by atoms with E-state index in [9.17, 15) is 19.4 Å². The summed E-state index contributed by atoms with van der Waals surface area (Å²) in [4.78, 5) is 11.4. The van der Waals surface area contributed by atoms with Gasteiger partial charge in [0, 0.05) is 5.92 Å². The number of aliphatic hydroxyl groups is 1. The molecular formula is C14H17FO3. The second-order valence-electron chi connectivity index (χ2n) is 5.18. The second kappa shape index (κ2) is 4.35. The molecule has 0 heterocycles. The molecule has 1 aliphatic carbocycles. The Morgan fingerprint density at radius 2 is 2.17 bits per heavy atom. The van der Waals surface area contributed by atoms with Crippen LogP contribution < -0.4 is 0 Å². The van der Waals surface area contributed by atoms with Crippen molar-refractivity contribution in [2.45, 2.75) is 38.2 Å². The first kappa shape index (κ1) is 13.0. The fraction of sp³-hybridized carbons (Fsp3) is 0.500. The molecule has 2 rings (SSSR count). The summed E-state index contributed by atoms with van der Waals surface area (Å²) in [7, 11) is 0. The summed E-state index contributed by atoms with van der Waals surface area (Å²) >= 11 is 0. The lowest BCUT2D eigenvalue weighted by Crippen LogP contribution is -2.48. The van der Waals surface area contributed by atoms with Crippen molar-refractivity contribution >= 4 is 5.97 Å². The highest BCUT2D eigenvalue weighted by atomic mass is 19.1. The molecule has 0 amide bonds. The number of benzene rings is 1. The number of fused-ring (bicyclic) bond motifs is 1. The molecular weight excluding hydrogens is 235 g/mol. The lowest BCUT2D eigenvalue weighted by atomic mass is 9.75. The lowest BCUT2D eigenvalue weighted by molar-refractivity contribution is -0.167. The van der Waals surface area contributed by atoms with Crippen LogP contribution in [-0.4, -0.2) is 21.8 Å². The number of carboxylic acid groups (broad SMARTS) is 1. The quantitative estimate of drug-likeness (QED) is 0.868. The van der Waals surface area contributed by atoms with E-state index in [1.165, 1.54) is 6.07 Å². The van der Waals surface area contributed by atoms with Gasteiger partial charge in [0.25, 0.3) is 0 Å². The van der Waals surface area contributed by atoms with Gasteiger partial charge in [-0.15, -0.1) is 0 Å². The average Bonchev–Trinajstić information content (AvgIpc) is 2.73. The largest absolute Gasteiger partial charge is 0.479 e. The van der Waals surface area contributed by atoms with Gasteiger partial charge in [-0.25, -0.2) is 9.18 Å². The van der Waals surface area contributed by atoms with Crippen molar-refractivity contribution in [3.63, 3.8) is 0 Å². The summed E-state index contributed by atoms with van der Waals surface area (Å²) in [5.74, 6) is -2.53. The number of hydrogen-bond donors (Lipinski definition) is 2. The summed E-state index contributed by atoms with van der Waals surface area (Å²) in [6, 6.07) is 4.65. The number of carbonyl (C=O) groups is 1. The van der Waals surface area contributed by atoms with E-state index in [4.69, 9.17) is 0 Å². The number of hydrogen-bond acceptors (Lipinski definition) is 2. The first-order valence-electron chi connectivity index (χ1n) is 6.12. The molecule has 1 aromatic carbocycles. The maximum Gasteiger partial charge on any atom is 0.336 e. The van der Waals surface area contributed by atoms with Crippen molar-refractivity contribution in [1.82, 2.24) is 0 Å². The standard InChI is InChI=1S/C14H17FO3/c1-8(2)14(18,13(16)17)11-7-6-10-9(11)4-3-5-12(10)15/h3-5,8,11,18H,6-7H2,1-2H3,(H,16,17). The van der Waals surface area contributed by atoms with Crippen LogP contribution in [0.1, 0.15) is 37.3 Å². The van der Waals surface area contributed by atoms with Gasteiger partial charge in [0.2, 0.25) is 0 Å². The number of halogens is 1. The summed E-state index contributed by atoms with van der Waals surface area (Å²) in [6.45, 7) is 3.34. The zero-order chi connectivity index (χ0) is 13.5. The molecule has 0 radical (unpaired) electrons. The third-order valence-corrected chi connectivity index (χ3v) is 3.97. The fourth-order valence-corrected chi connectivity index (χ4v) is 2.87. The Hall–Kier alpha value is -1.42. The topological polar surface area (TPSA) is 57.5 Å². The van der Waals surface area contributed by atoms with Crippen molar-refractivity contribution in [2.75, 3.05) is 0 Å². The van der Waals surface area contributed by atoms with Crippen LogP contribution in [0.15, 0.2) is 18.2 Å². The zero-order valence-corrected chi connectivity index (χ0v) is 10.5. The second-order valence-corrected chi connectivity index (χ2v) is 5.18. The van der Waals surface area contributed by atoms with Crippen LogP contribution in [0.5, 0.6) is 0 Å². The van der Waals surface area contributed by atoms with Crippen LogP contribution >= 0.6 is 0 Å². The molecule has 0 fully saturated rings. The number of rotatable bonds is 3. The van der Waals surface area contributed by atoms with Gasteiger partial charge in [0.05, 0.1) is 0 Å². The zero-order valence-electron chi connectivity index (χ0n) is 10.5. The van der Waals surface area contributed by atoms with Crippen molar-refractivity contribution in [3.05, 3.63) is 35.1 Å². The Kier molecular flexibility index (Phi) is 3.15. The van der Waals surface area contributed by atoms with E-state index in [-0.39, 0.29) is 5.82 Å². The molecule has 0 aromatic heterocycles. The van der Waals surface area contributed by atoms with Gasteiger partial charge in [-0.05, 0) is 36.0 Å². The molecule has 0 aliphatic heterocycles. The van der Waals surface area contributed by atoms with Crippen molar-refractivity contribution in [3.8, 4) is 0 Å². The molecule has 0 saturated carbocycles. The van der Waals surface area contributed by atoms with Gasteiger partial charge >= 0.3 is 5.97 Å². The fourth-order valence-electron chi connectivity index (χ4n) is 2.87. The Morgan fingerprint density at radius 1 is 1.50 bits per heavy atom. The van der Waals surface area contributed by atoms with E-state index >= 15 is 0 Å². The minimum absolute atomic E-state index is 0.313. The third kappa shape index (κ3) is 1.72. The van der Waals surface area contributed by atoms with Crippen LogP contribution in [0, 0.1) is 11.7 Å². The molecule has 2 atom stereocenters. The highest BCUT2D eigenvalue weighted by Gasteiger charge is 2.49. The molecule has 2 unspecified atom stereocenters. The monoisotopic (exact) mass is 252 g/mol. The minimum Gasteiger partial charge on any atom is -0.479 e. The minimum atomic E-state index is -1.83. The Balaban J connectivity index is 2.50. The van der Waals surface area contributed by atoms with E-state index in [2.05, 4.69) is 0 Å². The molecule has 2 N–H and O–H groups in total.